The van der Waals surface area contributed by atoms with Gasteiger partial charge in [-0.15, -0.1) is 0 Å². The van der Waals surface area contributed by atoms with Crippen molar-refractivity contribution in [2.24, 2.45) is 0 Å². The monoisotopic (exact) mass is 249 g/mol. The second-order valence-electron chi connectivity index (χ2n) is 3.97. The van der Waals surface area contributed by atoms with Crippen LogP contribution in [0.2, 0.25) is 0 Å². The van der Waals surface area contributed by atoms with Crippen LogP contribution >= 0.6 is 0 Å². The fraction of sp³-hybridized carbons (Fsp3) is 0.455. The molecule has 0 aliphatic carbocycles. The highest BCUT2D eigenvalue weighted by atomic mass is 16.2. The molecule has 0 radical (unpaired) electrons. The normalized spacial score (nSPS) is 19.3. The molecule has 0 aromatic carbocycles. The highest BCUT2D eigenvalue weighted by molar-refractivity contribution is 6.01. The Bertz CT molecular complexity index is 463. The molecule has 18 heavy (non-hydrogen) atoms. The van der Waals surface area contributed by atoms with Crippen molar-refractivity contribution in [1.29, 1.82) is 0 Å². The van der Waals surface area contributed by atoms with Crippen LogP contribution in [0.3, 0.4) is 0 Å². The van der Waals surface area contributed by atoms with E-state index in [2.05, 4.69) is 25.9 Å². The van der Waals surface area contributed by atoms with E-state index < -0.39 is 6.04 Å². The summed E-state index contributed by atoms with van der Waals surface area (Å²) in [5, 5.41) is 8.29. The third kappa shape index (κ3) is 2.93. The van der Waals surface area contributed by atoms with Crippen LogP contribution in [0.1, 0.15) is 19.8 Å². The third-order valence-corrected chi connectivity index (χ3v) is 2.55. The molecule has 1 aromatic heterocycles. The lowest BCUT2D eigenvalue weighted by Gasteiger charge is -2.22. The Morgan fingerprint density at radius 3 is 2.89 bits per heavy atom. The first-order valence-corrected chi connectivity index (χ1v) is 5.85. The van der Waals surface area contributed by atoms with Crippen LogP contribution in [0.4, 0.5) is 11.6 Å². The van der Waals surface area contributed by atoms with Crippen molar-refractivity contribution in [2.45, 2.75) is 25.8 Å². The number of aromatic nitrogens is 2. The molecule has 1 aromatic rings. The molecule has 2 heterocycles. The van der Waals surface area contributed by atoms with E-state index in [9.17, 15) is 9.59 Å². The van der Waals surface area contributed by atoms with Gasteiger partial charge in [-0.05, 0) is 13.3 Å². The van der Waals surface area contributed by atoms with Crippen molar-refractivity contribution in [3.05, 3.63) is 12.4 Å². The van der Waals surface area contributed by atoms with Crippen LogP contribution in [0.5, 0.6) is 0 Å². The molecule has 2 amide bonds. The van der Waals surface area contributed by atoms with Gasteiger partial charge in [0.05, 0.1) is 12.4 Å². The maximum atomic E-state index is 11.6. The van der Waals surface area contributed by atoms with Gasteiger partial charge in [-0.3, -0.25) is 19.9 Å². The minimum atomic E-state index is -0.436. The van der Waals surface area contributed by atoms with Gasteiger partial charge in [0.1, 0.15) is 17.7 Å². The van der Waals surface area contributed by atoms with E-state index in [1.54, 1.807) is 12.4 Å². The van der Waals surface area contributed by atoms with Gasteiger partial charge in [0.25, 0.3) is 0 Å². The molecule has 7 heteroatoms. The molecule has 1 fully saturated rings. The van der Waals surface area contributed by atoms with Gasteiger partial charge >= 0.3 is 0 Å². The Morgan fingerprint density at radius 2 is 2.17 bits per heavy atom. The molecule has 1 aliphatic heterocycles. The third-order valence-electron chi connectivity index (χ3n) is 2.55. The molecule has 1 saturated heterocycles. The molecule has 0 bridgehead atoms. The molecular formula is C11H15N5O2. The molecule has 1 aliphatic rings. The van der Waals surface area contributed by atoms with E-state index in [0.29, 0.717) is 24.5 Å². The Morgan fingerprint density at radius 1 is 1.39 bits per heavy atom. The molecule has 7 nitrogen and oxygen atoms in total. The van der Waals surface area contributed by atoms with Crippen LogP contribution in [0, 0.1) is 0 Å². The van der Waals surface area contributed by atoms with Crippen molar-refractivity contribution < 1.29 is 9.59 Å². The van der Waals surface area contributed by atoms with E-state index in [1.807, 2.05) is 6.92 Å². The predicted molar refractivity (Wildman–Crippen MR) is 66.0 cm³/mol. The number of imide groups is 1. The lowest BCUT2D eigenvalue weighted by atomic mass is 10.1. The summed E-state index contributed by atoms with van der Waals surface area (Å²) in [5.74, 6) is 0.616. The number of hydrogen-bond acceptors (Lipinski definition) is 6. The molecule has 0 saturated carbocycles. The first kappa shape index (κ1) is 12.3. The van der Waals surface area contributed by atoms with E-state index >= 15 is 0 Å². The summed E-state index contributed by atoms with van der Waals surface area (Å²) in [4.78, 5) is 30.9. The number of piperidine rings is 1. The first-order chi connectivity index (χ1) is 8.69. The highest BCUT2D eigenvalue weighted by Crippen LogP contribution is 2.12. The van der Waals surface area contributed by atoms with Crippen molar-refractivity contribution in [1.82, 2.24) is 15.3 Å². The van der Waals surface area contributed by atoms with E-state index in [4.69, 9.17) is 0 Å². The van der Waals surface area contributed by atoms with Gasteiger partial charge in [-0.1, -0.05) is 0 Å². The average Bonchev–Trinajstić information content (AvgIpc) is 2.34. The molecule has 2 rings (SSSR count). The minimum absolute atomic E-state index is 0.231. The lowest BCUT2D eigenvalue weighted by Crippen LogP contribution is -2.47. The van der Waals surface area contributed by atoms with Gasteiger partial charge in [0.2, 0.25) is 11.8 Å². The number of anilines is 2. The van der Waals surface area contributed by atoms with Crippen LogP contribution < -0.4 is 16.0 Å². The number of rotatable bonds is 4. The summed E-state index contributed by atoms with van der Waals surface area (Å²) in [7, 11) is 0. The van der Waals surface area contributed by atoms with Crippen LogP contribution in [0.25, 0.3) is 0 Å². The van der Waals surface area contributed by atoms with E-state index in [1.165, 1.54) is 0 Å². The largest absolute Gasteiger partial charge is 0.369 e. The van der Waals surface area contributed by atoms with Crippen LogP contribution in [-0.4, -0.2) is 34.4 Å². The van der Waals surface area contributed by atoms with Crippen molar-refractivity contribution in [3.63, 3.8) is 0 Å². The van der Waals surface area contributed by atoms with Crippen molar-refractivity contribution in [2.75, 3.05) is 17.2 Å². The Kier molecular flexibility index (Phi) is 3.71. The minimum Gasteiger partial charge on any atom is -0.369 e. The zero-order valence-electron chi connectivity index (χ0n) is 10.1. The van der Waals surface area contributed by atoms with Crippen LogP contribution in [-0.2, 0) is 9.59 Å². The summed E-state index contributed by atoms with van der Waals surface area (Å²) >= 11 is 0. The molecule has 1 unspecified atom stereocenters. The van der Waals surface area contributed by atoms with Gasteiger partial charge in [-0.2, -0.15) is 0 Å². The topological polar surface area (TPSA) is 96.0 Å². The van der Waals surface area contributed by atoms with Crippen molar-refractivity contribution >= 4 is 23.5 Å². The fourth-order valence-electron chi connectivity index (χ4n) is 1.71. The summed E-state index contributed by atoms with van der Waals surface area (Å²) in [6, 6.07) is -0.436. The molecule has 1 atom stereocenters. The number of hydrogen-bond donors (Lipinski definition) is 3. The smallest absolute Gasteiger partial charge is 0.249 e. The molecule has 0 spiro atoms. The maximum Gasteiger partial charge on any atom is 0.249 e. The predicted octanol–water partition coefficient (Wildman–Crippen LogP) is 0.125. The number of amides is 2. The molecule has 96 valence electrons. The zero-order valence-corrected chi connectivity index (χ0v) is 10.1. The zero-order chi connectivity index (χ0) is 13.0. The second kappa shape index (κ2) is 5.44. The van der Waals surface area contributed by atoms with Gasteiger partial charge in [-0.25, -0.2) is 4.98 Å². The Labute approximate surface area is 104 Å². The number of nitrogens with one attached hydrogen (secondary N) is 3. The Hall–Kier alpha value is -2.18. The standard InChI is InChI=1S/C11H15N5O2/c1-2-13-8-5-12-6-9(15-8)14-7-3-4-10(17)16-11(7)18/h5-7H,2-4H2,1H3,(H2,13,14,15)(H,16,17,18). The highest BCUT2D eigenvalue weighted by Gasteiger charge is 2.26. The second-order valence-corrected chi connectivity index (χ2v) is 3.97. The molecular weight excluding hydrogens is 234 g/mol. The van der Waals surface area contributed by atoms with Crippen molar-refractivity contribution in [3.8, 4) is 0 Å². The maximum absolute atomic E-state index is 11.6. The first-order valence-electron chi connectivity index (χ1n) is 5.85. The average molecular weight is 249 g/mol. The van der Waals surface area contributed by atoms with E-state index in [-0.39, 0.29) is 11.8 Å². The molecule has 3 N–H and O–H groups in total. The van der Waals surface area contributed by atoms with Gasteiger partial charge < -0.3 is 10.6 Å². The quantitative estimate of drug-likeness (QED) is 0.656. The Balaban J connectivity index is 2.02. The summed E-state index contributed by atoms with van der Waals surface area (Å²) in [5.41, 5.74) is 0. The van der Waals surface area contributed by atoms with Gasteiger partial charge in [0, 0.05) is 13.0 Å². The lowest BCUT2D eigenvalue weighted by molar-refractivity contribution is -0.133. The summed E-state index contributed by atoms with van der Waals surface area (Å²) in [6.07, 6.45) is 3.96. The SMILES string of the molecule is CCNc1cncc(NC2CCC(=O)NC2=O)n1. The summed E-state index contributed by atoms with van der Waals surface area (Å²) in [6.45, 7) is 2.71. The fourth-order valence-corrected chi connectivity index (χ4v) is 1.71. The number of carbonyl (C=O) groups is 2. The number of nitrogens with zero attached hydrogens (tertiary/aromatic N) is 2. The van der Waals surface area contributed by atoms with Gasteiger partial charge in [0.15, 0.2) is 0 Å². The summed E-state index contributed by atoms with van der Waals surface area (Å²) < 4.78 is 0. The van der Waals surface area contributed by atoms with Crippen LogP contribution in [0.15, 0.2) is 12.4 Å². The number of carbonyl (C=O) groups excluding carboxylic acids is 2. The van der Waals surface area contributed by atoms with E-state index in [0.717, 1.165) is 6.54 Å².